The molecule has 0 aromatic heterocycles. The van der Waals surface area contributed by atoms with Crippen molar-refractivity contribution >= 4 is 28.9 Å². The van der Waals surface area contributed by atoms with Crippen molar-refractivity contribution in [2.75, 3.05) is 5.73 Å². The first-order valence-electron chi connectivity index (χ1n) is 6.38. The highest BCUT2D eigenvalue weighted by Gasteiger charge is 2.26. The van der Waals surface area contributed by atoms with Crippen molar-refractivity contribution in [1.82, 2.24) is 0 Å². The average Bonchev–Trinajstić information content (AvgIpc) is 2.31. The maximum atomic E-state index is 5.99. The highest BCUT2D eigenvalue weighted by atomic mass is 35.5. The molecule has 1 aromatic carbocycles. The molecule has 0 radical (unpaired) electrons. The van der Waals surface area contributed by atoms with Gasteiger partial charge in [-0.1, -0.05) is 37.0 Å². The van der Waals surface area contributed by atoms with Crippen molar-refractivity contribution in [3.8, 4) is 5.75 Å². The molecule has 0 saturated heterocycles. The van der Waals surface area contributed by atoms with Crippen LogP contribution < -0.4 is 10.5 Å². The Kier molecular flexibility index (Phi) is 4.29. The largest absolute Gasteiger partial charge is 0.488 e. The number of nitrogens with two attached hydrogens (primary N) is 1. The van der Waals surface area contributed by atoms with E-state index in [0.29, 0.717) is 27.4 Å². The van der Waals surface area contributed by atoms with Crippen LogP contribution in [0, 0.1) is 11.8 Å². The molecule has 0 amide bonds. The summed E-state index contributed by atoms with van der Waals surface area (Å²) in [6, 6.07) is 3.36. The molecule has 2 rings (SSSR count). The maximum Gasteiger partial charge on any atom is 0.144 e. The van der Waals surface area contributed by atoms with Crippen molar-refractivity contribution in [3.05, 3.63) is 22.2 Å². The van der Waals surface area contributed by atoms with Crippen molar-refractivity contribution < 1.29 is 4.74 Å². The van der Waals surface area contributed by atoms with Gasteiger partial charge in [0.05, 0.1) is 21.8 Å². The van der Waals surface area contributed by atoms with Crippen LogP contribution in [0.5, 0.6) is 5.75 Å². The monoisotopic (exact) mass is 287 g/mol. The fourth-order valence-electron chi connectivity index (χ4n) is 2.43. The molecule has 1 fully saturated rings. The smallest absolute Gasteiger partial charge is 0.144 e. The molecule has 1 aromatic rings. The van der Waals surface area contributed by atoms with Crippen LogP contribution in [-0.4, -0.2) is 6.10 Å². The summed E-state index contributed by atoms with van der Waals surface area (Å²) in [4.78, 5) is 0. The van der Waals surface area contributed by atoms with Crippen LogP contribution >= 0.6 is 23.2 Å². The lowest BCUT2D eigenvalue weighted by Gasteiger charge is -2.32. The number of hydrogen-bond donors (Lipinski definition) is 1. The standard InChI is InChI=1S/C14H19Cl2NO/c1-8-3-4-10(5-9(8)2)18-14-7-12(16)11(15)6-13(14)17/h6-10H,3-5,17H2,1-2H3. The summed E-state index contributed by atoms with van der Waals surface area (Å²) in [7, 11) is 0. The van der Waals surface area contributed by atoms with E-state index >= 15 is 0 Å². The quantitative estimate of drug-likeness (QED) is 0.795. The minimum atomic E-state index is 0.232. The van der Waals surface area contributed by atoms with Gasteiger partial charge in [0.15, 0.2) is 0 Å². The Balaban J connectivity index is 2.08. The number of hydrogen-bond acceptors (Lipinski definition) is 2. The van der Waals surface area contributed by atoms with Crippen molar-refractivity contribution in [2.45, 2.75) is 39.2 Å². The minimum Gasteiger partial charge on any atom is -0.488 e. The molecule has 4 heteroatoms. The molecule has 18 heavy (non-hydrogen) atoms. The van der Waals surface area contributed by atoms with Gasteiger partial charge in [-0.2, -0.15) is 0 Å². The zero-order valence-electron chi connectivity index (χ0n) is 10.7. The Bertz CT molecular complexity index is 436. The second-order valence-electron chi connectivity index (χ2n) is 5.31. The van der Waals surface area contributed by atoms with Gasteiger partial charge in [0, 0.05) is 6.07 Å². The van der Waals surface area contributed by atoms with E-state index in [1.165, 1.54) is 6.42 Å². The van der Waals surface area contributed by atoms with Gasteiger partial charge in [-0.3, -0.25) is 0 Å². The fraction of sp³-hybridized carbons (Fsp3) is 0.571. The molecule has 1 saturated carbocycles. The molecule has 1 aliphatic rings. The second kappa shape index (κ2) is 5.58. The Morgan fingerprint density at radius 3 is 2.44 bits per heavy atom. The van der Waals surface area contributed by atoms with E-state index in [1.807, 2.05) is 0 Å². The topological polar surface area (TPSA) is 35.2 Å². The summed E-state index contributed by atoms with van der Waals surface area (Å²) >= 11 is 11.9. The molecule has 1 aliphatic carbocycles. The molecule has 3 atom stereocenters. The van der Waals surface area contributed by atoms with Crippen LogP contribution in [0.1, 0.15) is 33.1 Å². The van der Waals surface area contributed by atoms with Gasteiger partial charge in [0.2, 0.25) is 0 Å². The van der Waals surface area contributed by atoms with E-state index in [4.69, 9.17) is 33.7 Å². The summed E-state index contributed by atoms with van der Waals surface area (Å²) in [6.45, 7) is 4.58. The van der Waals surface area contributed by atoms with E-state index in [9.17, 15) is 0 Å². The number of ether oxygens (including phenoxy) is 1. The van der Waals surface area contributed by atoms with Crippen LogP contribution in [0.25, 0.3) is 0 Å². The first-order valence-corrected chi connectivity index (χ1v) is 7.14. The summed E-state index contributed by atoms with van der Waals surface area (Å²) in [6.07, 6.45) is 3.58. The molecule has 2 nitrogen and oxygen atoms in total. The van der Waals surface area contributed by atoms with Crippen molar-refractivity contribution in [2.24, 2.45) is 11.8 Å². The van der Waals surface area contributed by atoms with Crippen molar-refractivity contribution in [3.63, 3.8) is 0 Å². The normalized spacial score (nSPS) is 28.1. The third kappa shape index (κ3) is 3.04. The number of halogens is 2. The van der Waals surface area contributed by atoms with Crippen LogP contribution in [0.15, 0.2) is 12.1 Å². The van der Waals surface area contributed by atoms with Gasteiger partial charge in [-0.15, -0.1) is 0 Å². The summed E-state index contributed by atoms with van der Waals surface area (Å²) in [5, 5.41) is 0.949. The van der Waals surface area contributed by atoms with E-state index in [-0.39, 0.29) is 6.10 Å². The molecule has 0 heterocycles. The SMILES string of the molecule is CC1CCC(Oc2cc(Cl)c(Cl)cc2N)CC1C. The van der Waals surface area contributed by atoms with E-state index in [1.54, 1.807) is 12.1 Å². The van der Waals surface area contributed by atoms with Gasteiger partial charge in [0.1, 0.15) is 5.75 Å². The van der Waals surface area contributed by atoms with E-state index in [0.717, 1.165) is 18.8 Å². The lowest BCUT2D eigenvalue weighted by molar-refractivity contribution is 0.101. The number of nitrogen functional groups attached to an aromatic ring is 1. The molecular formula is C14H19Cl2NO. The van der Waals surface area contributed by atoms with E-state index < -0.39 is 0 Å². The number of anilines is 1. The van der Waals surface area contributed by atoms with Gasteiger partial charge < -0.3 is 10.5 Å². The van der Waals surface area contributed by atoms with Gasteiger partial charge in [-0.25, -0.2) is 0 Å². The van der Waals surface area contributed by atoms with E-state index in [2.05, 4.69) is 13.8 Å². The first kappa shape index (κ1) is 13.8. The average molecular weight is 288 g/mol. The highest BCUT2D eigenvalue weighted by molar-refractivity contribution is 6.42. The third-order valence-electron chi connectivity index (χ3n) is 3.90. The molecule has 3 unspecified atom stereocenters. The maximum absolute atomic E-state index is 5.99. The van der Waals surface area contributed by atoms with Crippen LogP contribution in [-0.2, 0) is 0 Å². The molecule has 0 bridgehead atoms. The highest BCUT2D eigenvalue weighted by Crippen LogP contribution is 2.36. The van der Waals surface area contributed by atoms with Gasteiger partial charge >= 0.3 is 0 Å². The Morgan fingerprint density at radius 2 is 1.78 bits per heavy atom. The Labute approximate surface area is 118 Å². The molecule has 2 N–H and O–H groups in total. The first-order chi connectivity index (χ1) is 8.47. The third-order valence-corrected chi connectivity index (χ3v) is 4.62. The lowest BCUT2D eigenvalue weighted by Crippen LogP contribution is -2.29. The zero-order chi connectivity index (χ0) is 13.3. The molecular weight excluding hydrogens is 269 g/mol. The van der Waals surface area contributed by atoms with Crippen molar-refractivity contribution in [1.29, 1.82) is 0 Å². The Morgan fingerprint density at radius 1 is 1.11 bits per heavy atom. The zero-order valence-corrected chi connectivity index (χ0v) is 12.3. The second-order valence-corrected chi connectivity index (χ2v) is 6.13. The Hall–Kier alpha value is -0.600. The molecule has 0 spiro atoms. The van der Waals surface area contributed by atoms with Crippen LogP contribution in [0.4, 0.5) is 5.69 Å². The van der Waals surface area contributed by atoms with Crippen LogP contribution in [0.2, 0.25) is 10.0 Å². The molecule has 100 valence electrons. The summed E-state index contributed by atoms with van der Waals surface area (Å²) in [5.41, 5.74) is 6.45. The fourth-order valence-corrected chi connectivity index (χ4v) is 2.76. The number of rotatable bonds is 2. The van der Waals surface area contributed by atoms with Crippen LogP contribution in [0.3, 0.4) is 0 Å². The van der Waals surface area contributed by atoms with Gasteiger partial charge in [0.25, 0.3) is 0 Å². The molecule has 0 aliphatic heterocycles. The predicted molar refractivity (Wildman–Crippen MR) is 77.5 cm³/mol. The number of benzene rings is 1. The minimum absolute atomic E-state index is 0.232. The summed E-state index contributed by atoms with van der Waals surface area (Å²) < 4.78 is 5.97. The lowest BCUT2D eigenvalue weighted by atomic mass is 9.80. The summed E-state index contributed by atoms with van der Waals surface area (Å²) in [5.74, 6) is 2.11. The predicted octanol–water partition coefficient (Wildman–Crippen LogP) is 4.78. The van der Waals surface area contributed by atoms with Gasteiger partial charge in [-0.05, 0) is 37.2 Å².